The van der Waals surface area contributed by atoms with Crippen molar-refractivity contribution in [2.24, 2.45) is 0 Å². The molecule has 0 spiro atoms. The van der Waals surface area contributed by atoms with Crippen molar-refractivity contribution in [3.63, 3.8) is 0 Å². The number of nitrogens with two attached hydrogens (primary N) is 1. The molecule has 0 radical (unpaired) electrons. The van der Waals surface area contributed by atoms with Crippen LogP contribution < -0.4 is 15.9 Å². The number of carbonyl (C=O) groups excluding carboxylic acids is 1. The molecule has 8 nitrogen and oxygen atoms in total. The Labute approximate surface area is 152 Å². The maximum atomic E-state index is 12.9. The fourth-order valence-electron chi connectivity index (χ4n) is 1.96. The number of rotatable bonds is 8. The zero-order chi connectivity index (χ0) is 18.4. The number of benzene rings is 1. The van der Waals surface area contributed by atoms with E-state index >= 15 is 0 Å². The van der Waals surface area contributed by atoms with E-state index in [0.29, 0.717) is 29.0 Å². The van der Waals surface area contributed by atoms with Crippen molar-refractivity contribution in [2.45, 2.75) is 18.3 Å². The standard InChI is InChI=1S/C16H16FN5O3S/c17-11-3-5-12(6-4-11)25-9-14-20-21-16(22(14)18)26-10-15(23)19-8-13-2-1-7-24-13/h1-7H,8-10,18H2,(H,19,23). The zero-order valence-electron chi connectivity index (χ0n) is 13.6. The van der Waals surface area contributed by atoms with E-state index in [4.69, 9.17) is 15.0 Å². The van der Waals surface area contributed by atoms with Crippen molar-refractivity contribution in [3.8, 4) is 5.75 Å². The molecule has 0 saturated carbocycles. The van der Waals surface area contributed by atoms with Crippen LogP contribution >= 0.6 is 11.8 Å². The molecule has 0 atom stereocenters. The molecule has 1 amide bonds. The molecule has 0 unspecified atom stereocenters. The molecule has 2 aromatic heterocycles. The van der Waals surface area contributed by atoms with Gasteiger partial charge in [0.25, 0.3) is 0 Å². The molecule has 3 aromatic rings. The Morgan fingerprint density at radius 3 is 2.85 bits per heavy atom. The van der Waals surface area contributed by atoms with Gasteiger partial charge in [-0.15, -0.1) is 10.2 Å². The number of hydrogen-bond donors (Lipinski definition) is 2. The first-order valence-corrected chi connectivity index (χ1v) is 8.60. The fraction of sp³-hybridized carbons (Fsp3) is 0.188. The van der Waals surface area contributed by atoms with Crippen LogP contribution in [0.1, 0.15) is 11.6 Å². The molecular formula is C16H16FN5O3S. The Morgan fingerprint density at radius 1 is 1.31 bits per heavy atom. The second kappa shape index (κ2) is 8.39. The summed E-state index contributed by atoms with van der Waals surface area (Å²) in [6.45, 7) is 0.388. The lowest BCUT2D eigenvalue weighted by molar-refractivity contribution is -0.118. The van der Waals surface area contributed by atoms with Crippen molar-refractivity contribution < 1.29 is 18.3 Å². The Kier molecular flexibility index (Phi) is 5.74. The first-order chi connectivity index (χ1) is 12.6. The average Bonchev–Trinajstić information content (AvgIpc) is 3.28. The van der Waals surface area contributed by atoms with Gasteiger partial charge < -0.3 is 20.3 Å². The molecule has 1 aromatic carbocycles. The number of aromatic nitrogens is 3. The van der Waals surface area contributed by atoms with Crippen LogP contribution in [0.15, 0.2) is 52.2 Å². The van der Waals surface area contributed by atoms with E-state index in [1.54, 1.807) is 18.4 Å². The molecule has 0 aliphatic rings. The van der Waals surface area contributed by atoms with Gasteiger partial charge in [0, 0.05) is 0 Å². The van der Waals surface area contributed by atoms with Crippen molar-refractivity contribution >= 4 is 17.7 Å². The first-order valence-electron chi connectivity index (χ1n) is 7.61. The molecule has 26 heavy (non-hydrogen) atoms. The van der Waals surface area contributed by atoms with E-state index in [2.05, 4.69) is 15.5 Å². The monoisotopic (exact) mass is 377 g/mol. The van der Waals surface area contributed by atoms with Gasteiger partial charge in [0.1, 0.15) is 23.9 Å². The highest BCUT2D eigenvalue weighted by atomic mass is 32.2. The lowest BCUT2D eigenvalue weighted by Crippen LogP contribution is -2.25. The molecule has 136 valence electrons. The quantitative estimate of drug-likeness (QED) is 0.454. The van der Waals surface area contributed by atoms with E-state index in [1.807, 2.05) is 0 Å². The van der Waals surface area contributed by atoms with Gasteiger partial charge in [-0.25, -0.2) is 9.07 Å². The number of nitrogens with one attached hydrogen (secondary N) is 1. The third-order valence-corrected chi connectivity index (χ3v) is 4.23. The van der Waals surface area contributed by atoms with E-state index in [0.717, 1.165) is 11.8 Å². The molecule has 0 aliphatic carbocycles. The number of ether oxygens (including phenoxy) is 1. The second-order valence-corrected chi connectivity index (χ2v) is 6.10. The third-order valence-electron chi connectivity index (χ3n) is 3.29. The lowest BCUT2D eigenvalue weighted by Gasteiger charge is -2.06. The molecule has 10 heteroatoms. The van der Waals surface area contributed by atoms with Crippen LogP contribution in [0.4, 0.5) is 4.39 Å². The number of halogens is 1. The van der Waals surface area contributed by atoms with Gasteiger partial charge in [0.2, 0.25) is 11.1 Å². The molecule has 0 fully saturated rings. The molecule has 2 heterocycles. The summed E-state index contributed by atoms with van der Waals surface area (Å²) in [7, 11) is 0. The molecule has 0 saturated heterocycles. The first kappa shape index (κ1) is 17.8. The minimum absolute atomic E-state index is 0.0698. The predicted octanol–water partition coefficient (Wildman–Crippen LogP) is 1.71. The average molecular weight is 377 g/mol. The predicted molar refractivity (Wildman–Crippen MR) is 92.2 cm³/mol. The van der Waals surface area contributed by atoms with Crippen molar-refractivity contribution in [3.05, 3.63) is 60.1 Å². The normalized spacial score (nSPS) is 10.7. The summed E-state index contributed by atoms with van der Waals surface area (Å²) in [6, 6.07) is 9.13. The van der Waals surface area contributed by atoms with E-state index in [-0.39, 0.29) is 24.1 Å². The van der Waals surface area contributed by atoms with Crippen LogP contribution in [0.5, 0.6) is 5.75 Å². The van der Waals surface area contributed by atoms with Crippen molar-refractivity contribution in [1.29, 1.82) is 0 Å². The summed E-state index contributed by atoms with van der Waals surface area (Å²) in [4.78, 5) is 11.8. The van der Waals surface area contributed by atoms with Gasteiger partial charge >= 0.3 is 0 Å². The van der Waals surface area contributed by atoms with Gasteiger partial charge in [-0.2, -0.15) is 0 Å². The minimum atomic E-state index is -0.344. The Morgan fingerprint density at radius 2 is 2.12 bits per heavy atom. The highest BCUT2D eigenvalue weighted by molar-refractivity contribution is 7.99. The summed E-state index contributed by atoms with van der Waals surface area (Å²) in [6.07, 6.45) is 1.54. The highest BCUT2D eigenvalue weighted by Crippen LogP contribution is 2.16. The molecule has 0 aliphatic heterocycles. The van der Waals surface area contributed by atoms with Crippen LogP contribution in [-0.2, 0) is 17.9 Å². The highest BCUT2D eigenvalue weighted by Gasteiger charge is 2.13. The number of thioether (sulfide) groups is 1. The fourth-order valence-corrected chi connectivity index (χ4v) is 2.67. The summed E-state index contributed by atoms with van der Waals surface area (Å²) < 4.78 is 24.7. The van der Waals surface area contributed by atoms with Gasteiger partial charge in [-0.3, -0.25) is 4.79 Å². The SMILES string of the molecule is Nn1c(COc2ccc(F)cc2)nnc1SCC(=O)NCc1ccco1. The minimum Gasteiger partial charge on any atom is -0.486 e. The van der Waals surface area contributed by atoms with E-state index in [9.17, 15) is 9.18 Å². The number of carbonyl (C=O) groups is 1. The van der Waals surface area contributed by atoms with Gasteiger partial charge in [-0.05, 0) is 36.4 Å². The maximum Gasteiger partial charge on any atom is 0.230 e. The van der Waals surface area contributed by atoms with E-state index in [1.165, 1.54) is 28.9 Å². The van der Waals surface area contributed by atoms with E-state index < -0.39 is 0 Å². The number of amides is 1. The van der Waals surface area contributed by atoms with Crippen LogP contribution in [-0.4, -0.2) is 26.5 Å². The summed E-state index contributed by atoms with van der Waals surface area (Å²) in [5, 5.41) is 11.0. The number of nitrogens with zero attached hydrogens (tertiary/aromatic N) is 3. The Balaban J connectivity index is 1.47. The molecule has 3 rings (SSSR count). The Bertz CT molecular complexity index is 851. The topological polar surface area (TPSA) is 108 Å². The van der Waals surface area contributed by atoms with Crippen molar-refractivity contribution in [1.82, 2.24) is 20.2 Å². The van der Waals surface area contributed by atoms with Gasteiger partial charge in [-0.1, -0.05) is 11.8 Å². The van der Waals surface area contributed by atoms with Crippen LogP contribution in [0.3, 0.4) is 0 Å². The maximum absolute atomic E-state index is 12.9. The van der Waals surface area contributed by atoms with Crippen LogP contribution in [0, 0.1) is 5.82 Å². The van der Waals surface area contributed by atoms with Crippen LogP contribution in [0.2, 0.25) is 0 Å². The number of furan rings is 1. The van der Waals surface area contributed by atoms with Crippen LogP contribution in [0.25, 0.3) is 0 Å². The molecular weight excluding hydrogens is 361 g/mol. The number of hydrogen-bond acceptors (Lipinski definition) is 7. The molecule has 3 N–H and O–H groups in total. The third kappa shape index (κ3) is 4.76. The molecule has 0 bridgehead atoms. The largest absolute Gasteiger partial charge is 0.486 e. The zero-order valence-corrected chi connectivity index (χ0v) is 14.4. The van der Waals surface area contributed by atoms with Crippen molar-refractivity contribution in [2.75, 3.05) is 11.6 Å². The smallest absolute Gasteiger partial charge is 0.230 e. The lowest BCUT2D eigenvalue weighted by atomic mass is 10.3. The summed E-state index contributed by atoms with van der Waals surface area (Å²) >= 11 is 1.15. The second-order valence-electron chi connectivity index (χ2n) is 5.16. The Hall–Kier alpha value is -3.01. The number of nitrogen functional groups attached to an aromatic ring is 1. The van der Waals surface area contributed by atoms with Gasteiger partial charge in [0.05, 0.1) is 18.6 Å². The summed E-state index contributed by atoms with van der Waals surface area (Å²) in [5.41, 5.74) is 0. The summed E-state index contributed by atoms with van der Waals surface area (Å²) in [5.74, 6) is 7.06. The van der Waals surface area contributed by atoms with Gasteiger partial charge in [0.15, 0.2) is 5.82 Å².